The van der Waals surface area contributed by atoms with Gasteiger partial charge in [-0.25, -0.2) is 0 Å². The van der Waals surface area contributed by atoms with Crippen LogP contribution >= 0.6 is 12.4 Å². The van der Waals surface area contributed by atoms with Gasteiger partial charge in [0.15, 0.2) is 0 Å². The van der Waals surface area contributed by atoms with Gasteiger partial charge in [-0.3, -0.25) is 4.79 Å². The number of amides is 1. The second kappa shape index (κ2) is 6.75. The molecule has 0 saturated carbocycles. The van der Waals surface area contributed by atoms with Gasteiger partial charge >= 0.3 is 0 Å². The fourth-order valence-electron chi connectivity index (χ4n) is 1.99. The highest BCUT2D eigenvalue weighted by molar-refractivity contribution is 5.96. The molecule has 0 spiro atoms. The van der Waals surface area contributed by atoms with Crippen molar-refractivity contribution in [3.63, 3.8) is 0 Å². The third kappa shape index (κ3) is 3.83. The Kier molecular flexibility index (Phi) is 5.60. The van der Waals surface area contributed by atoms with Crippen molar-refractivity contribution in [3.8, 4) is 5.75 Å². The summed E-state index contributed by atoms with van der Waals surface area (Å²) >= 11 is 0. The molecular weight excluding hydrogens is 268 g/mol. The first-order chi connectivity index (χ1) is 8.58. The first-order valence-electron chi connectivity index (χ1n) is 6.03. The SMILES string of the molecule is Cc1ccc(O)c(NC(=O)[C@H]2NCCO[C@@H]2C)c1.Cl. The number of carbonyl (C=O) groups excluding carboxylic acids is 1. The summed E-state index contributed by atoms with van der Waals surface area (Å²) in [5.74, 6) is -0.124. The molecule has 5 nitrogen and oxygen atoms in total. The van der Waals surface area contributed by atoms with Gasteiger partial charge in [0.2, 0.25) is 5.91 Å². The van der Waals surface area contributed by atoms with E-state index in [4.69, 9.17) is 4.74 Å². The summed E-state index contributed by atoms with van der Waals surface area (Å²) in [6.07, 6.45) is -0.175. The van der Waals surface area contributed by atoms with Gasteiger partial charge in [0.25, 0.3) is 0 Å². The van der Waals surface area contributed by atoms with Crippen molar-refractivity contribution < 1.29 is 14.6 Å². The van der Waals surface area contributed by atoms with E-state index in [1.807, 2.05) is 13.8 Å². The lowest BCUT2D eigenvalue weighted by atomic mass is 10.1. The Hall–Kier alpha value is -1.30. The van der Waals surface area contributed by atoms with Crippen LogP contribution in [0.3, 0.4) is 0 Å². The average Bonchev–Trinajstić information content (AvgIpc) is 2.34. The molecule has 1 aromatic rings. The average molecular weight is 287 g/mol. The predicted octanol–water partition coefficient (Wildman–Crippen LogP) is 1.44. The van der Waals surface area contributed by atoms with Gasteiger partial charge in [-0.15, -0.1) is 12.4 Å². The molecule has 106 valence electrons. The number of phenolic OH excluding ortho intramolecular Hbond substituents is 1. The molecule has 2 rings (SSSR count). The zero-order valence-corrected chi connectivity index (χ0v) is 11.8. The number of aromatic hydroxyl groups is 1. The van der Waals surface area contributed by atoms with Crippen LogP contribution in [0, 0.1) is 6.92 Å². The first-order valence-corrected chi connectivity index (χ1v) is 6.03. The minimum absolute atomic E-state index is 0. The summed E-state index contributed by atoms with van der Waals surface area (Å²) in [4.78, 5) is 12.1. The Balaban J connectivity index is 0.00000180. The quantitative estimate of drug-likeness (QED) is 0.720. The van der Waals surface area contributed by atoms with Gasteiger partial charge in [-0.2, -0.15) is 0 Å². The molecule has 6 heteroatoms. The molecule has 0 bridgehead atoms. The largest absolute Gasteiger partial charge is 0.506 e. The van der Waals surface area contributed by atoms with Crippen LogP contribution in [0.5, 0.6) is 5.75 Å². The van der Waals surface area contributed by atoms with Gasteiger partial charge in [0, 0.05) is 6.54 Å². The maximum atomic E-state index is 12.1. The number of hydrogen-bond donors (Lipinski definition) is 3. The summed E-state index contributed by atoms with van der Waals surface area (Å²) in [5.41, 5.74) is 1.41. The number of nitrogens with one attached hydrogen (secondary N) is 2. The molecular formula is C13H19ClN2O3. The van der Waals surface area contributed by atoms with Crippen molar-refractivity contribution in [3.05, 3.63) is 23.8 Å². The fourth-order valence-corrected chi connectivity index (χ4v) is 1.99. The Morgan fingerprint density at radius 3 is 2.95 bits per heavy atom. The van der Waals surface area contributed by atoms with Gasteiger partial charge < -0.3 is 20.5 Å². The van der Waals surface area contributed by atoms with Crippen LogP contribution in [0.25, 0.3) is 0 Å². The molecule has 3 N–H and O–H groups in total. The smallest absolute Gasteiger partial charge is 0.244 e. The van der Waals surface area contributed by atoms with Crippen molar-refractivity contribution in [2.45, 2.75) is 26.0 Å². The molecule has 19 heavy (non-hydrogen) atoms. The minimum Gasteiger partial charge on any atom is -0.506 e. The van der Waals surface area contributed by atoms with Crippen LogP contribution in [-0.4, -0.2) is 36.3 Å². The molecule has 0 radical (unpaired) electrons. The van der Waals surface area contributed by atoms with Crippen LogP contribution in [0.1, 0.15) is 12.5 Å². The van der Waals surface area contributed by atoms with Crippen LogP contribution in [0.15, 0.2) is 18.2 Å². The van der Waals surface area contributed by atoms with Crippen molar-refractivity contribution >= 4 is 24.0 Å². The topological polar surface area (TPSA) is 70.6 Å². The summed E-state index contributed by atoms with van der Waals surface area (Å²) in [6, 6.07) is 4.70. The summed E-state index contributed by atoms with van der Waals surface area (Å²) in [5, 5.41) is 15.5. The Labute approximate surface area is 118 Å². The first kappa shape index (κ1) is 15.8. The Morgan fingerprint density at radius 1 is 1.53 bits per heavy atom. The van der Waals surface area contributed by atoms with Crippen molar-refractivity contribution in [1.29, 1.82) is 0 Å². The highest BCUT2D eigenvalue weighted by Crippen LogP contribution is 2.24. The minimum atomic E-state index is -0.390. The van der Waals surface area contributed by atoms with E-state index in [1.165, 1.54) is 0 Å². The standard InChI is InChI=1S/C13H18N2O3.ClH/c1-8-3-4-11(16)10(7-8)15-13(17)12-9(2)18-6-5-14-12;/h3-4,7,9,12,14,16H,5-6H2,1-2H3,(H,15,17);1H/t9-,12+;/m1./s1. The predicted molar refractivity (Wildman–Crippen MR) is 75.9 cm³/mol. The highest BCUT2D eigenvalue weighted by atomic mass is 35.5. The second-order valence-corrected chi connectivity index (χ2v) is 4.52. The molecule has 1 saturated heterocycles. The van der Waals surface area contributed by atoms with E-state index in [2.05, 4.69) is 10.6 Å². The number of ether oxygens (including phenoxy) is 1. The van der Waals surface area contributed by atoms with E-state index >= 15 is 0 Å². The number of phenols is 1. The van der Waals surface area contributed by atoms with Crippen LogP contribution in [0.4, 0.5) is 5.69 Å². The summed E-state index contributed by atoms with van der Waals surface area (Å²) in [7, 11) is 0. The van der Waals surface area contributed by atoms with E-state index in [0.29, 0.717) is 18.8 Å². The van der Waals surface area contributed by atoms with E-state index in [1.54, 1.807) is 18.2 Å². The normalized spacial score (nSPS) is 22.4. The summed E-state index contributed by atoms with van der Waals surface area (Å²) in [6.45, 7) is 5.02. The Bertz CT molecular complexity index is 454. The van der Waals surface area contributed by atoms with Crippen LogP contribution in [-0.2, 0) is 9.53 Å². The molecule has 0 aliphatic carbocycles. The molecule has 2 atom stereocenters. The van der Waals surface area contributed by atoms with Crippen molar-refractivity contribution in [2.75, 3.05) is 18.5 Å². The molecule has 1 heterocycles. The fraction of sp³-hybridized carbons (Fsp3) is 0.462. The third-order valence-electron chi connectivity index (χ3n) is 3.01. The second-order valence-electron chi connectivity index (χ2n) is 4.52. The van der Waals surface area contributed by atoms with E-state index < -0.39 is 6.04 Å². The van der Waals surface area contributed by atoms with Crippen LogP contribution in [0.2, 0.25) is 0 Å². The molecule has 1 aliphatic heterocycles. The number of aryl methyl sites for hydroxylation is 1. The van der Waals surface area contributed by atoms with Gasteiger partial charge in [-0.1, -0.05) is 6.07 Å². The maximum absolute atomic E-state index is 12.1. The molecule has 1 aromatic carbocycles. The molecule has 1 amide bonds. The number of morpholine rings is 1. The molecule has 0 unspecified atom stereocenters. The van der Waals surface area contributed by atoms with Gasteiger partial charge in [0.05, 0.1) is 18.4 Å². The maximum Gasteiger partial charge on any atom is 0.244 e. The van der Waals surface area contributed by atoms with Gasteiger partial charge in [-0.05, 0) is 31.5 Å². The zero-order valence-electron chi connectivity index (χ0n) is 11.0. The van der Waals surface area contributed by atoms with Crippen molar-refractivity contribution in [1.82, 2.24) is 5.32 Å². The number of rotatable bonds is 2. The van der Waals surface area contributed by atoms with E-state index in [-0.39, 0.29) is 30.2 Å². The van der Waals surface area contributed by atoms with E-state index in [9.17, 15) is 9.90 Å². The third-order valence-corrected chi connectivity index (χ3v) is 3.01. The number of benzene rings is 1. The lowest BCUT2D eigenvalue weighted by Gasteiger charge is -2.29. The van der Waals surface area contributed by atoms with Gasteiger partial charge in [0.1, 0.15) is 11.8 Å². The van der Waals surface area contributed by atoms with E-state index in [0.717, 1.165) is 5.56 Å². The number of carbonyl (C=O) groups is 1. The Morgan fingerprint density at radius 2 is 2.26 bits per heavy atom. The zero-order chi connectivity index (χ0) is 13.1. The van der Waals surface area contributed by atoms with Crippen LogP contribution < -0.4 is 10.6 Å². The monoisotopic (exact) mass is 286 g/mol. The highest BCUT2D eigenvalue weighted by Gasteiger charge is 2.28. The number of anilines is 1. The lowest BCUT2D eigenvalue weighted by molar-refractivity contribution is -0.123. The summed E-state index contributed by atoms with van der Waals surface area (Å²) < 4.78 is 5.42. The molecule has 1 fully saturated rings. The molecule has 0 aromatic heterocycles. The number of halogens is 1. The number of hydrogen-bond acceptors (Lipinski definition) is 4. The van der Waals surface area contributed by atoms with Crippen molar-refractivity contribution in [2.24, 2.45) is 0 Å². The molecule has 1 aliphatic rings. The lowest BCUT2D eigenvalue weighted by Crippen LogP contribution is -2.53.